The Morgan fingerprint density at radius 3 is 1.96 bits per heavy atom. The Morgan fingerprint density at radius 2 is 1.46 bits per heavy atom. The maximum absolute atomic E-state index is 13.4. The third kappa shape index (κ3) is 2.47. The number of hydrogen-bond acceptors (Lipinski definition) is 2. The minimum Gasteiger partial charge on any atom is -0.315 e. The van der Waals surface area contributed by atoms with E-state index in [-0.39, 0.29) is 5.91 Å². The lowest BCUT2D eigenvalue weighted by Gasteiger charge is -2.32. The molecule has 2 aromatic rings. The molecule has 1 fully saturated rings. The van der Waals surface area contributed by atoms with E-state index in [1.54, 1.807) is 24.3 Å². The molecule has 124 valence electrons. The van der Waals surface area contributed by atoms with Crippen LogP contribution in [0.3, 0.4) is 0 Å². The number of imide groups is 1. The quantitative estimate of drug-likeness (QED) is 0.840. The van der Waals surface area contributed by atoms with Crippen molar-refractivity contribution in [2.75, 3.05) is 0 Å². The molecule has 0 aliphatic carbocycles. The summed E-state index contributed by atoms with van der Waals surface area (Å²) in [5.41, 5.74) is -0.457. The van der Waals surface area contributed by atoms with Crippen LogP contribution in [0, 0.1) is 0 Å². The van der Waals surface area contributed by atoms with Crippen molar-refractivity contribution in [3.8, 4) is 0 Å². The SMILES string of the molecule is CC(C)(C)N1C(=O)N[C@](c2ccccc2)(c2ccc(Cl)cc2)C1=O. The Hall–Kier alpha value is -2.33. The lowest BCUT2D eigenvalue weighted by atomic mass is 9.82. The van der Waals surface area contributed by atoms with Crippen molar-refractivity contribution in [2.45, 2.75) is 31.8 Å². The number of halogens is 1. The Kier molecular flexibility index (Phi) is 3.88. The first kappa shape index (κ1) is 16.5. The number of rotatable bonds is 2. The van der Waals surface area contributed by atoms with Crippen LogP contribution in [0.5, 0.6) is 0 Å². The third-order valence-electron chi connectivity index (χ3n) is 4.18. The molecule has 0 unspecified atom stereocenters. The van der Waals surface area contributed by atoms with Gasteiger partial charge in [0, 0.05) is 10.6 Å². The van der Waals surface area contributed by atoms with Crippen molar-refractivity contribution in [3.63, 3.8) is 0 Å². The number of nitrogens with one attached hydrogen (secondary N) is 1. The second-order valence-corrected chi connectivity index (χ2v) is 7.30. The van der Waals surface area contributed by atoms with E-state index >= 15 is 0 Å². The van der Waals surface area contributed by atoms with Crippen LogP contribution in [-0.2, 0) is 10.3 Å². The highest BCUT2D eigenvalue weighted by atomic mass is 35.5. The predicted octanol–water partition coefficient (Wildman–Crippen LogP) is 3.93. The molecule has 1 atom stereocenters. The normalized spacial score (nSPS) is 21.1. The van der Waals surface area contributed by atoms with E-state index in [4.69, 9.17) is 11.6 Å². The smallest absolute Gasteiger partial charge is 0.315 e. The van der Waals surface area contributed by atoms with Crippen molar-refractivity contribution in [3.05, 3.63) is 70.7 Å². The fourth-order valence-electron chi connectivity index (χ4n) is 3.08. The first-order chi connectivity index (χ1) is 11.3. The van der Waals surface area contributed by atoms with Crippen molar-refractivity contribution in [1.29, 1.82) is 0 Å². The van der Waals surface area contributed by atoms with Gasteiger partial charge >= 0.3 is 6.03 Å². The van der Waals surface area contributed by atoms with Crippen LogP contribution in [-0.4, -0.2) is 22.4 Å². The lowest BCUT2D eigenvalue weighted by Crippen LogP contribution is -2.48. The fraction of sp³-hybridized carbons (Fsp3) is 0.263. The van der Waals surface area contributed by atoms with Crippen LogP contribution in [0.15, 0.2) is 54.6 Å². The lowest BCUT2D eigenvalue weighted by molar-refractivity contribution is -0.133. The number of hydrogen-bond donors (Lipinski definition) is 1. The van der Waals surface area contributed by atoms with E-state index in [0.29, 0.717) is 10.6 Å². The van der Waals surface area contributed by atoms with Crippen LogP contribution in [0.25, 0.3) is 0 Å². The van der Waals surface area contributed by atoms with Gasteiger partial charge < -0.3 is 5.32 Å². The van der Waals surface area contributed by atoms with E-state index in [0.717, 1.165) is 5.56 Å². The number of carbonyl (C=O) groups is 2. The first-order valence-electron chi connectivity index (χ1n) is 7.75. The summed E-state index contributed by atoms with van der Waals surface area (Å²) in [6.07, 6.45) is 0. The number of amides is 3. The fourth-order valence-corrected chi connectivity index (χ4v) is 3.21. The average Bonchev–Trinajstić information content (AvgIpc) is 2.80. The van der Waals surface area contributed by atoms with E-state index in [1.165, 1.54) is 4.90 Å². The minimum absolute atomic E-state index is 0.284. The zero-order valence-electron chi connectivity index (χ0n) is 13.8. The molecule has 0 aromatic heterocycles. The minimum atomic E-state index is -1.24. The molecule has 0 saturated carbocycles. The number of urea groups is 1. The second-order valence-electron chi connectivity index (χ2n) is 6.86. The Bertz CT molecular complexity index is 781. The van der Waals surface area contributed by atoms with Gasteiger partial charge in [-0.3, -0.25) is 9.69 Å². The molecule has 3 amide bonds. The van der Waals surface area contributed by atoms with Gasteiger partial charge in [-0.05, 0) is 44.0 Å². The van der Waals surface area contributed by atoms with Gasteiger partial charge in [-0.1, -0.05) is 54.1 Å². The van der Waals surface area contributed by atoms with Crippen LogP contribution in [0.4, 0.5) is 4.79 Å². The highest BCUT2D eigenvalue weighted by Gasteiger charge is 2.56. The van der Waals surface area contributed by atoms with Crippen molar-refractivity contribution in [2.24, 2.45) is 0 Å². The Balaban J connectivity index is 2.24. The Morgan fingerprint density at radius 1 is 0.917 bits per heavy atom. The highest BCUT2D eigenvalue weighted by molar-refractivity contribution is 6.30. The van der Waals surface area contributed by atoms with Gasteiger partial charge in [-0.15, -0.1) is 0 Å². The molecule has 1 heterocycles. The summed E-state index contributed by atoms with van der Waals surface area (Å²) in [5.74, 6) is -0.284. The summed E-state index contributed by atoms with van der Waals surface area (Å²) >= 11 is 5.99. The highest BCUT2D eigenvalue weighted by Crippen LogP contribution is 2.38. The molecule has 1 aliphatic rings. The van der Waals surface area contributed by atoms with Crippen LogP contribution in [0.2, 0.25) is 5.02 Å². The van der Waals surface area contributed by atoms with Gasteiger partial charge in [0.2, 0.25) is 0 Å². The van der Waals surface area contributed by atoms with Crippen molar-refractivity contribution >= 4 is 23.5 Å². The monoisotopic (exact) mass is 342 g/mol. The van der Waals surface area contributed by atoms with Gasteiger partial charge in [0.25, 0.3) is 5.91 Å². The van der Waals surface area contributed by atoms with Gasteiger partial charge in [0.15, 0.2) is 5.54 Å². The first-order valence-corrected chi connectivity index (χ1v) is 8.13. The van der Waals surface area contributed by atoms with Gasteiger partial charge in [-0.25, -0.2) is 4.79 Å². The Labute approximate surface area is 146 Å². The second kappa shape index (κ2) is 5.64. The molecule has 0 radical (unpaired) electrons. The van der Waals surface area contributed by atoms with E-state index in [9.17, 15) is 9.59 Å². The predicted molar refractivity (Wildman–Crippen MR) is 93.8 cm³/mol. The van der Waals surface area contributed by atoms with Gasteiger partial charge in [0.1, 0.15) is 0 Å². The van der Waals surface area contributed by atoms with Crippen LogP contribution < -0.4 is 5.32 Å². The summed E-state index contributed by atoms with van der Waals surface area (Å²) in [6.45, 7) is 5.52. The molecule has 5 heteroatoms. The summed E-state index contributed by atoms with van der Waals surface area (Å²) < 4.78 is 0. The number of carbonyl (C=O) groups excluding carboxylic acids is 2. The van der Waals surface area contributed by atoms with Gasteiger partial charge in [0.05, 0.1) is 0 Å². The standard InChI is InChI=1S/C19H19ClN2O2/c1-18(2,3)22-16(23)19(21-17(22)24,13-7-5-4-6-8-13)14-9-11-15(20)12-10-14/h4-12H,1-3H3,(H,21,24)/t19-/m1/s1. The zero-order valence-corrected chi connectivity index (χ0v) is 14.6. The summed E-state index contributed by atoms with van der Waals surface area (Å²) in [6, 6.07) is 15.9. The molecular weight excluding hydrogens is 324 g/mol. The molecule has 0 bridgehead atoms. The zero-order chi connectivity index (χ0) is 17.5. The molecule has 24 heavy (non-hydrogen) atoms. The average molecular weight is 343 g/mol. The van der Waals surface area contributed by atoms with Crippen molar-refractivity contribution < 1.29 is 9.59 Å². The summed E-state index contributed by atoms with van der Waals surface area (Å²) in [5, 5.41) is 3.50. The van der Waals surface area contributed by atoms with Crippen LogP contribution >= 0.6 is 11.6 Å². The molecule has 3 rings (SSSR count). The molecule has 2 aromatic carbocycles. The maximum Gasteiger partial charge on any atom is 0.326 e. The maximum atomic E-state index is 13.4. The number of benzene rings is 2. The third-order valence-corrected chi connectivity index (χ3v) is 4.43. The molecule has 1 aliphatic heterocycles. The largest absolute Gasteiger partial charge is 0.326 e. The topological polar surface area (TPSA) is 49.4 Å². The van der Waals surface area contributed by atoms with Gasteiger partial charge in [-0.2, -0.15) is 0 Å². The molecule has 0 spiro atoms. The van der Waals surface area contributed by atoms with E-state index in [2.05, 4.69) is 5.32 Å². The summed E-state index contributed by atoms with van der Waals surface area (Å²) in [4.78, 5) is 27.3. The van der Waals surface area contributed by atoms with E-state index in [1.807, 2.05) is 51.1 Å². The number of nitrogens with zero attached hydrogens (tertiary/aromatic N) is 1. The molecule has 1 N–H and O–H groups in total. The molecular formula is C19H19ClN2O2. The van der Waals surface area contributed by atoms with Crippen LogP contribution in [0.1, 0.15) is 31.9 Å². The molecule has 4 nitrogen and oxygen atoms in total. The summed E-state index contributed by atoms with van der Waals surface area (Å²) in [7, 11) is 0. The van der Waals surface area contributed by atoms with Crippen molar-refractivity contribution in [1.82, 2.24) is 10.2 Å². The molecule has 1 saturated heterocycles. The van der Waals surface area contributed by atoms with E-state index < -0.39 is 17.1 Å².